The fourth-order valence-electron chi connectivity index (χ4n) is 1.64. The van der Waals surface area contributed by atoms with Crippen molar-refractivity contribution < 1.29 is 9.90 Å². The predicted octanol–water partition coefficient (Wildman–Crippen LogP) is 3.51. The van der Waals surface area contributed by atoms with Crippen molar-refractivity contribution in [2.24, 2.45) is 0 Å². The summed E-state index contributed by atoms with van der Waals surface area (Å²) in [6, 6.07) is 6.00. The Kier molecular flexibility index (Phi) is 3.55. The normalized spacial score (nSPS) is 11.5. The van der Waals surface area contributed by atoms with Gasteiger partial charge in [-0.15, -0.1) is 0 Å². The van der Waals surface area contributed by atoms with E-state index in [9.17, 15) is 4.79 Å². The summed E-state index contributed by atoms with van der Waals surface area (Å²) in [5, 5.41) is 8.84. The van der Waals surface area contributed by atoms with Crippen molar-refractivity contribution in [2.45, 2.75) is 32.6 Å². The van der Waals surface area contributed by atoms with Crippen LogP contribution in [0.1, 0.15) is 31.4 Å². The van der Waals surface area contributed by atoms with Gasteiger partial charge in [0.2, 0.25) is 0 Å². The minimum atomic E-state index is -0.771. The number of benzene rings is 1. The molecule has 0 heterocycles. The van der Waals surface area contributed by atoms with E-state index in [1.165, 1.54) is 0 Å². The highest BCUT2D eigenvalue weighted by molar-refractivity contribution is 9.10. The minimum Gasteiger partial charge on any atom is -0.481 e. The first kappa shape index (κ1) is 12.2. The van der Waals surface area contributed by atoms with Gasteiger partial charge in [0.15, 0.2) is 0 Å². The second-order valence-electron chi connectivity index (χ2n) is 4.44. The highest BCUT2D eigenvalue weighted by atomic mass is 79.9. The fraction of sp³-hybridized carbons (Fsp3) is 0.417. The Morgan fingerprint density at radius 2 is 2.07 bits per heavy atom. The lowest BCUT2D eigenvalue weighted by molar-refractivity contribution is -0.138. The van der Waals surface area contributed by atoms with Crippen LogP contribution in [0.5, 0.6) is 0 Å². The van der Waals surface area contributed by atoms with E-state index in [2.05, 4.69) is 15.9 Å². The van der Waals surface area contributed by atoms with E-state index in [1.54, 1.807) is 0 Å². The molecule has 1 aromatic carbocycles. The molecule has 0 fully saturated rings. The van der Waals surface area contributed by atoms with E-state index in [0.29, 0.717) is 0 Å². The molecule has 82 valence electrons. The molecule has 0 aliphatic carbocycles. The van der Waals surface area contributed by atoms with E-state index in [1.807, 2.05) is 39.0 Å². The molecule has 0 aliphatic rings. The van der Waals surface area contributed by atoms with Gasteiger partial charge in [-0.1, -0.05) is 41.9 Å². The monoisotopic (exact) mass is 270 g/mol. The number of carbonyl (C=O) groups is 1. The van der Waals surface area contributed by atoms with E-state index in [4.69, 9.17) is 5.11 Å². The van der Waals surface area contributed by atoms with Crippen molar-refractivity contribution in [3.05, 3.63) is 33.8 Å². The molecule has 0 amide bonds. The van der Waals surface area contributed by atoms with Crippen LogP contribution in [0.2, 0.25) is 0 Å². The number of carboxylic acid groups (broad SMARTS) is 1. The van der Waals surface area contributed by atoms with Crippen LogP contribution in [-0.4, -0.2) is 11.1 Å². The summed E-state index contributed by atoms with van der Waals surface area (Å²) in [7, 11) is 0. The molecule has 15 heavy (non-hydrogen) atoms. The molecular formula is C12H15BrO2. The standard InChI is InChI=1S/C12H15BrO2/c1-8-4-5-9(10(13)6-8)12(2,3)7-11(14)15/h4-6H,7H2,1-3H3,(H,14,15). The van der Waals surface area contributed by atoms with Gasteiger partial charge in [-0.3, -0.25) is 4.79 Å². The maximum Gasteiger partial charge on any atom is 0.304 e. The Hall–Kier alpha value is -0.830. The summed E-state index contributed by atoms with van der Waals surface area (Å²) >= 11 is 3.48. The molecule has 1 rings (SSSR count). The van der Waals surface area contributed by atoms with Crippen molar-refractivity contribution >= 4 is 21.9 Å². The number of halogens is 1. The van der Waals surface area contributed by atoms with E-state index >= 15 is 0 Å². The van der Waals surface area contributed by atoms with Crippen molar-refractivity contribution in [1.82, 2.24) is 0 Å². The highest BCUT2D eigenvalue weighted by Gasteiger charge is 2.25. The number of aryl methyl sites for hydroxylation is 1. The second-order valence-corrected chi connectivity index (χ2v) is 5.29. The molecule has 1 aromatic rings. The summed E-state index contributed by atoms with van der Waals surface area (Å²) in [5.74, 6) is -0.771. The Morgan fingerprint density at radius 1 is 1.47 bits per heavy atom. The van der Waals surface area contributed by atoms with E-state index in [-0.39, 0.29) is 11.8 Å². The van der Waals surface area contributed by atoms with Crippen molar-refractivity contribution in [3.8, 4) is 0 Å². The fourth-order valence-corrected chi connectivity index (χ4v) is 2.67. The quantitative estimate of drug-likeness (QED) is 0.913. The Labute approximate surface area is 98.4 Å². The Bertz CT molecular complexity index is 383. The molecule has 0 spiro atoms. The first-order valence-electron chi connectivity index (χ1n) is 4.81. The van der Waals surface area contributed by atoms with Crippen LogP contribution in [0.15, 0.2) is 22.7 Å². The summed E-state index contributed by atoms with van der Waals surface area (Å²) in [6.45, 7) is 5.89. The third-order valence-corrected chi connectivity index (χ3v) is 3.10. The van der Waals surface area contributed by atoms with Crippen LogP contribution in [0, 0.1) is 6.92 Å². The van der Waals surface area contributed by atoms with Crippen molar-refractivity contribution in [2.75, 3.05) is 0 Å². The van der Waals surface area contributed by atoms with E-state index in [0.717, 1.165) is 15.6 Å². The van der Waals surface area contributed by atoms with Gasteiger partial charge in [0, 0.05) is 9.89 Å². The first-order valence-corrected chi connectivity index (χ1v) is 5.60. The molecule has 1 N–H and O–H groups in total. The molecule has 0 atom stereocenters. The first-order chi connectivity index (χ1) is 6.83. The third-order valence-electron chi connectivity index (χ3n) is 2.45. The van der Waals surface area contributed by atoms with Crippen LogP contribution >= 0.6 is 15.9 Å². The second kappa shape index (κ2) is 4.35. The highest BCUT2D eigenvalue weighted by Crippen LogP contribution is 2.33. The molecule has 0 saturated carbocycles. The number of aliphatic carboxylic acids is 1. The lowest BCUT2D eigenvalue weighted by atomic mass is 9.81. The minimum absolute atomic E-state index is 0.134. The van der Waals surface area contributed by atoms with Crippen molar-refractivity contribution in [3.63, 3.8) is 0 Å². The van der Waals surface area contributed by atoms with Gasteiger partial charge in [-0.2, -0.15) is 0 Å². The summed E-state index contributed by atoms with van der Waals surface area (Å²) in [4.78, 5) is 10.8. The van der Waals surface area contributed by atoms with Crippen LogP contribution < -0.4 is 0 Å². The van der Waals surface area contributed by atoms with Crippen LogP contribution in [0.4, 0.5) is 0 Å². The van der Waals surface area contributed by atoms with Gasteiger partial charge >= 0.3 is 5.97 Å². The molecule has 3 heteroatoms. The zero-order valence-corrected chi connectivity index (χ0v) is 10.8. The van der Waals surface area contributed by atoms with Crippen molar-refractivity contribution in [1.29, 1.82) is 0 Å². The Balaban J connectivity index is 3.09. The summed E-state index contributed by atoms with van der Waals surface area (Å²) in [6.07, 6.45) is 0.134. The summed E-state index contributed by atoms with van der Waals surface area (Å²) < 4.78 is 0.980. The number of carboxylic acids is 1. The van der Waals surface area contributed by atoms with Crippen LogP contribution in [0.3, 0.4) is 0 Å². The average molecular weight is 271 g/mol. The van der Waals surface area contributed by atoms with Gasteiger partial charge in [0.1, 0.15) is 0 Å². The molecule has 0 aromatic heterocycles. The SMILES string of the molecule is Cc1ccc(C(C)(C)CC(=O)O)c(Br)c1. The maximum absolute atomic E-state index is 10.8. The van der Waals surface area contributed by atoms with Gasteiger partial charge in [-0.05, 0) is 24.1 Å². The van der Waals surface area contributed by atoms with Gasteiger partial charge in [0.25, 0.3) is 0 Å². The van der Waals surface area contributed by atoms with Gasteiger partial charge in [-0.25, -0.2) is 0 Å². The largest absolute Gasteiger partial charge is 0.481 e. The number of rotatable bonds is 3. The molecule has 0 radical (unpaired) electrons. The predicted molar refractivity (Wildman–Crippen MR) is 64.2 cm³/mol. The number of hydrogen-bond acceptors (Lipinski definition) is 1. The van der Waals surface area contributed by atoms with Gasteiger partial charge in [0.05, 0.1) is 6.42 Å². The maximum atomic E-state index is 10.8. The van der Waals surface area contributed by atoms with Crippen LogP contribution in [-0.2, 0) is 10.2 Å². The third kappa shape index (κ3) is 3.06. The van der Waals surface area contributed by atoms with E-state index < -0.39 is 5.97 Å². The molecule has 0 bridgehead atoms. The lowest BCUT2D eigenvalue weighted by Gasteiger charge is -2.24. The summed E-state index contributed by atoms with van der Waals surface area (Å²) in [5.41, 5.74) is 1.85. The molecular weight excluding hydrogens is 256 g/mol. The molecule has 2 nitrogen and oxygen atoms in total. The smallest absolute Gasteiger partial charge is 0.304 e. The molecule has 0 saturated heterocycles. The Morgan fingerprint density at radius 3 is 2.53 bits per heavy atom. The topological polar surface area (TPSA) is 37.3 Å². The molecule has 0 unspecified atom stereocenters. The van der Waals surface area contributed by atoms with Gasteiger partial charge < -0.3 is 5.11 Å². The van der Waals surface area contributed by atoms with Crippen LogP contribution in [0.25, 0.3) is 0 Å². The zero-order chi connectivity index (χ0) is 11.6. The molecule has 0 aliphatic heterocycles. The number of hydrogen-bond donors (Lipinski definition) is 1. The average Bonchev–Trinajstić information content (AvgIpc) is 1.99. The zero-order valence-electron chi connectivity index (χ0n) is 9.17. The lowest BCUT2D eigenvalue weighted by Crippen LogP contribution is -2.22.